The minimum absolute atomic E-state index is 0.0916. The molecule has 0 aliphatic rings. The lowest BCUT2D eigenvalue weighted by Crippen LogP contribution is -1.96. The third-order valence-electron chi connectivity index (χ3n) is 3.39. The summed E-state index contributed by atoms with van der Waals surface area (Å²) in [5.74, 6) is 2.25. The van der Waals surface area contributed by atoms with Crippen LogP contribution >= 0.6 is 0 Å². The van der Waals surface area contributed by atoms with Gasteiger partial charge in [-0.2, -0.15) is 0 Å². The zero-order chi connectivity index (χ0) is 16.8. The van der Waals surface area contributed by atoms with Gasteiger partial charge in [-0.1, -0.05) is 18.2 Å². The van der Waals surface area contributed by atoms with Gasteiger partial charge in [0.25, 0.3) is 0 Å². The zero-order valence-electron chi connectivity index (χ0n) is 13.6. The highest BCUT2D eigenvalue weighted by Gasteiger charge is 2.14. The van der Waals surface area contributed by atoms with Crippen molar-refractivity contribution in [1.29, 1.82) is 0 Å². The topological polar surface area (TPSA) is 57.2 Å². The maximum Gasteiger partial charge on any atom is 0.203 e. The normalized spacial score (nSPS) is 10.6. The van der Waals surface area contributed by atoms with Crippen LogP contribution in [-0.2, 0) is 0 Å². The highest BCUT2D eigenvalue weighted by atomic mass is 16.5. The molecular formula is C18H20O5. The molecule has 2 aromatic carbocycles. The van der Waals surface area contributed by atoms with E-state index in [1.165, 1.54) is 7.11 Å². The van der Waals surface area contributed by atoms with Crippen molar-refractivity contribution in [3.8, 4) is 28.7 Å². The Labute approximate surface area is 135 Å². The number of methoxy groups -OCH3 is 4. The van der Waals surface area contributed by atoms with E-state index >= 15 is 0 Å². The van der Waals surface area contributed by atoms with Gasteiger partial charge in [-0.3, -0.25) is 0 Å². The molecule has 0 radical (unpaired) electrons. The summed E-state index contributed by atoms with van der Waals surface area (Å²) in [6.07, 6.45) is 3.74. The van der Waals surface area contributed by atoms with Crippen LogP contribution in [0.15, 0.2) is 30.3 Å². The van der Waals surface area contributed by atoms with Crippen molar-refractivity contribution >= 4 is 12.2 Å². The summed E-state index contributed by atoms with van der Waals surface area (Å²) in [6.45, 7) is 0. The van der Waals surface area contributed by atoms with E-state index in [2.05, 4.69) is 0 Å². The number of hydrogen-bond acceptors (Lipinski definition) is 5. The van der Waals surface area contributed by atoms with Gasteiger partial charge in [0.2, 0.25) is 5.75 Å². The minimum Gasteiger partial charge on any atom is -0.504 e. The Kier molecular flexibility index (Phi) is 5.36. The molecule has 0 saturated carbocycles. The van der Waals surface area contributed by atoms with Crippen molar-refractivity contribution in [2.24, 2.45) is 0 Å². The average molecular weight is 316 g/mol. The second-order valence-corrected chi connectivity index (χ2v) is 4.69. The van der Waals surface area contributed by atoms with Crippen molar-refractivity contribution in [3.05, 3.63) is 41.5 Å². The molecule has 0 bridgehead atoms. The van der Waals surface area contributed by atoms with Crippen molar-refractivity contribution in [1.82, 2.24) is 0 Å². The smallest absolute Gasteiger partial charge is 0.203 e. The van der Waals surface area contributed by atoms with E-state index < -0.39 is 0 Å². The molecule has 0 amide bonds. The molecule has 1 N–H and O–H groups in total. The van der Waals surface area contributed by atoms with Gasteiger partial charge in [0, 0.05) is 5.56 Å². The molecular weight excluding hydrogens is 296 g/mol. The molecule has 23 heavy (non-hydrogen) atoms. The first-order chi connectivity index (χ1) is 11.1. The number of phenols is 1. The number of hydrogen-bond donors (Lipinski definition) is 1. The molecule has 0 heterocycles. The Hall–Kier alpha value is -2.82. The maximum atomic E-state index is 9.82. The Morgan fingerprint density at radius 2 is 1.39 bits per heavy atom. The van der Waals surface area contributed by atoms with Crippen molar-refractivity contribution < 1.29 is 24.1 Å². The van der Waals surface area contributed by atoms with Crippen LogP contribution in [0, 0.1) is 0 Å². The van der Waals surface area contributed by atoms with Crippen LogP contribution in [0.2, 0.25) is 0 Å². The molecule has 0 fully saturated rings. The Morgan fingerprint density at radius 3 is 1.96 bits per heavy atom. The van der Waals surface area contributed by atoms with E-state index in [-0.39, 0.29) is 5.75 Å². The van der Waals surface area contributed by atoms with Gasteiger partial charge in [-0.05, 0) is 29.8 Å². The summed E-state index contributed by atoms with van der Waals surface area (Å²) >= 11 is 0. The Balaban J connectivity index is 2.37. The van der Waals surface area contributed by atoms with Crippen LogP contribution < -0.4 is 18.9 Å². The first kappa shape index (κ1) is 16.5. The van der Waals surface area contributed by atoms with Crippen LogP contribution in [0.3, 0.4) is 0 Å². The third-order valence-corrected chi connectivity index (χ3v) is 3.39. The number of aromatic hydroxyl groups is 1. The van der Waals surface area contributed by atoms with E-state index in [1.807, 2.05) is 30.4 Å². The minimum atomic E-state index is 0.0916. The highest BCUT2D eigenvalue weighted by molar-refractivity contribution is 5.76. The van der Waals surface area contributed by atoms with Crippen LogP contribution in [0.4, 0.5) is 0 Å². The summed E-state index contributed by atoms with van der Waals surface area (Å²) in [5, 5.41) is 9.82. The van der Waals surface area contributed by atoms with Crippen LogP contribution in [0.5, 0.6) is 28.7 Å². The molecule has 0 unspecified atom stereocenters. The summed E-state index contributed by atoms with van der Waals surface area (Å²) in [5.41, 5.74) is 1.67. The monoisotopic (exact) mass is 316 g/mol. The molecule has 5 nitrogen and oxygen atoms in total. The van der Waals surface area contributed by atoms with E-state index in [0.717, 1.165) is 11.1 Å². The summed E-state index contributed by atoms with van der Waals surface area (Å²) < 4.78 is 21.1. The van der Waals surface area contributed by atoms with Crippen molar-refractivity contribution in [3.63, 3.8) is 0 Å². The Bertz CT molecular complexity index is 707. The lowest BCUT2D eigenvalue weighted by atomic mass is 10.1. The quantitative estimate of drug-likeness (QED) is 0.825. The second-order valence-electron chi connectivity index (χ2n) is 4.69. The maximum absolute atomic E-state index is 9.82. The van der Waals surface area contributed by atoms with Gasteiger partial charge in [-0.15, -0.1) is 0 Å². The average Bonchev–Trinajstić information content (AvgIpc) is 2.58. The SMILES string of the molecule is COc1ccc(/C=C/c2ccc(OC)c(OC)c2OC)cc1O. The number of ether oxygens (including phenoxy) is 4. The van der Waals surface area contributed by atoms with Crippen LogP contribution in [-0.4, -0.2) is 33.5 Å². The number of benzene rings is 2. The fraction of sp³-hybridized carbons (Fsp3) is 0.222. The van der Waals surface area contributed by atoms with E-state index in [4.69, 9.17) is 18.9 Å². The van der Waals surface area contributed by atoms with Gasteiger partial charge in [0.05, 0.1) is 28.4 Å². The summed E-state index contributed by atoms with van der Waals surface area (Å²) in [4.78, 5) is 0. The molecule has 122 valence electrons. The summed E-state index contributed by atoms with van der Waals surface area (Å²) in [7, 11) is 6.23. The third kappa shape index (κ3) is 3.51. The molecule has 5 heteroatoms. The molecule has 0 saturated heterocycles. The van der Waals surface area contributed by atoms with Gasteiger partial charge >= 0.3 is 0 Å². The van der Waals surface area contributed by atoms with Gasteiger partial charge in [-0.25, -0.2) is 0 Å². The molecule has 0 aliphatic carbocycles. The lowest BCUT2D eigenvalue weighted by Gasteiger charge is -2.14. The molecule has 2 rings (SSSR count). The van der Waals surface area contributed by atoms with Gasteiger partial charge in [0.15, 0.2) is 23.0 Å². The van der Waals surface area contributed by atoms with Crippen LogP contribution in [0.25, 0.3) is 12.2 Å². The fourth-order valence-corrected chi connectivity index (χ4v) is 2.25. The van der Waals surface area contributed by atoms with Crippen molar-refractivity contribution in [2.45, 2.75) is 0 Å². The summed E-state index contributed by atoms with van der Waals surface area (Å²) in [6, 6.07) is 8.87. The first-order valence-corrected chi connectivity index (χ1v) is 6.98. The lowest BCUT2D eigenvalue weighted by molar-refractivity contribution is 0.324. The highest BCUT2D eigenvalue weighted by Crippen LogP contribution is 2.40. The standard InChI is InChI=1S/C18H20O5/c1-20-15-9-6-12(11-14(15)19)5-7-13-8-10-16(21-2)18(23-4)17(13)22-3/h5-11,19H,1-4H3/b7-5+. The molecule has 0 aliphatic heterocycles. The molecule has 0 aromatic heterocycles. The predicted octanol–water partition coefficient (Wildman–Crippen LogP) is 3.60. The number of rotatable bonds is 6. The largest absolute Gasteiger partial charge is 0.504 e. The van der Waals surface area contributed by atoms with Gasteiger partial charge < -0.3 is 24.1 Å². The van der Waals surface area contributed by atoms with E-state index in [1.54, 1.807) is 33.5 Å². The fourth-order valence-electron chi connectivity index (χ4n) is 2.25. The van der Waals surface area contributed by atoms with Gasteiger partial charge in [0.1, 0.15) is 0 Å². The van der Waals surface area contributed by atoms with Crippen LogP contribution in [0.1, 0.15) is 11.1 Å². The van der Waals surface area contributed by atoms with Crippen molar-refractivity contribution in [2.75, 3.05) is 28.4 Å². The molecule has 0 spiro atoms. The number of phenolic OH excluding ortho intramolecular Hbond substituents is 1. The zero-order valence-corrected chi connectivity index (χ0v) is 13.6. The van der Waals surface area contributed by atoms with E-state index in [9.17, 15) is 5.11 Å². The Morgan fingerprint density at radius 1 is 0.739 bits per heavy atom. The molecule has 2 aromatic rings. The molecule has 0 atom stereocenters. The second kappa shape index (κ2) is 7.45. The van der Waals surface area contributed by atoms with E-state index in [0.29, 0.717) is 23.0 Å². The predicted molar refractivity (Wildman–Crippen MR) is 89.7 cm³/mol. The first-order valence-electron chi connectivity index (χ1n) is 6.98.